The Bertz CT molecular complexity index is 620. The van der Waals surface area contributed by atoms with Gasteiger partial charge in [-0.1, -0.05) is 0 Å². The first-order valence-corrected chi connectivity index (χ1v) is 8.93. The average Bonchev–Trinajstić information content (AvgIpc) is 3.04. The van der Waals surface area contributed by atoms with Crippen LogP contribution in [0.15, 0.2) is 18.5 Å². The molecule has 1 aromatic rings. The van der Waals surface area contributed by atoms with Crippen LogP contribution in [0.2, 0.25) is 0 Å². The Morgan fingerprint density at radius 2 is 2.08 bits per heavy atom. The standard InChI is InChI=1S/C18H24FN3O2/c19-15-12-20-7-2-16(15)21-9-6-18(13-21)5-1-8-22(17(18)23)14-3-10-24-11-4-14/h2,7,12,14H,1,3-6,8-11,13H2/t18-/m1/s1. The van der Waals surface area contributed by atoms with Crippen molar-refractivity contribution in [1.29, 1.82) is 0 Å². The number of likely N-dealkylation sites (tertiary alicyclic amines) is 1. The number of halogens is 1. The van der Waals surface area contributed by atoms with Crippen LogP contribution in [-0.2, 0) is 9.53 Å². The molecule has 3 saturated heterocycles. The molecule has 1 atom stereocenters. The molecule has 0 N–H and O–H groups in total. The number of amides is 1. The first kappa shape index (κ1) is 15.8. The zero-order valence-corrected chi connectivity index (χ0v) is 13.9. The molecule has 130 valence electrons. The fraction of sp³-hybridized carbons (Fsp3) is 0.667. The van der Waals surface area contributed by atoms with Crippen LogP contribution in [0.1, 0.15) is 32.1 Å². The number of piperidine rings is 1. The first-order valence-electron chi connectivity index (χ1n) is 8.93. The maximum absolute atomic E-state index is 14.0. The van der Waals surface area contributed by atoms with Gasteiger partial charge in [0.2, 0.25) is 5.91 Å². The van der Waals surface area contributed by atoms with E-state index in [0.29, 0.717) is 18.3 Å². The summed E-state index contributed by atoms with van der Waals surface area (Å²) in [6, 6.07) is 2.02. The number of rotatable bonds is 2. The lowest BCUT2D eigenvalue weighted by Gasteiger charge is -2.44. The van der Waals surface area contributed by atoms with Crippen molar-refractivity contribution in [2.24, 2.45) is 5.41 Å². The third-order valence-corrected chi connectivity index (χ3v) is 5.85. The van der Waals surface area contributed by atoms with E-state index in [0.717, 1.165) is 58.4 Å². The summed E-state index contributed by atoms with van der Waals surface area (Å²) in [7, 11) is 0. The SMILES string of the molecule is O=C1N(C2CCOCC2)CCC[C@]12CCN(c1ccncc1F)C2. The average molecular weight is 333 g/mol. The molecule has 1 aromatic heterocycles. The van der Waals surface area contributed by atoms with Crippen LogP contribution >= 0.6 is 0 Å². The second-order valence-corrected chi connectivity index (χ2v) is 7.22. The molecular formula is C18H24FN3O2. The molecule has 0 radical (unpaired) electrons. The van der Waals surface area contributed by atoms with Crippen molar-refractivity contribution in [3.05, 3.63) is 24.3 Å². The van der Waals surface area contributed by atoms with Crippen molar-refractivity contribution in [1.82, 2.24) is 9.88 Å². The van der Waals surface area contributed by atoms with Gasteiger partial charge in [-0.15, -0.1) is 0 Å². The highest BCUT2D eigenvalue weighted by molar-refractivity contribution is 5.85. The lowest BCUT2D eigenvalue weighted by atomic mass is 9.77. The van der Waals surface area contributed by atoms with E-state index in [2.05, 4.69) is 9.88 Å². The van der Waals surface area contributed by atoms with E-state index in [-0.39, 0.29) is 17.1 Å². The number of hydrogen-bond acceptors (Lipinski definition) is 4. The molecule has 0 aromatic carbocycles. The first-order chi connectivity index (χ1) is 11.7. The van der Waals surface area contributed by atoms with Crippen LogP contribution in [0, 0.1) is 11.2 Å². The van der Waals surface area contributed by atoms with Crippen molar-refractivity contribution in [2.75, 3.05) is 37.7 Å². The molecule has 4 rings (SSSR count). The van der Waals surface area contributed by atoms with Crippen molar-refractivity contribution in [2.45, 2.75) is 38.1 Å². The summed E-state index contributed by atoms with van der Waals surface area (Å²) in [6.07, 6.45) is 7.49. The molecule has 3 aliphatic heterocycles. The van der Waals surface area contributed by atoms with E-state index in [4.69, 9.17) is 4.74 Å². The number of nitrogens with zero attached hydrogens (tertiary/aromatic N) is 3. The zero-order valence-electron chi connectivity index (χ0n) is 13.9. The predicted octanol–water partition coefficient (Wildman–Crippen LogP) is 2.22. The van der Waals surface area contributed by atoms with E-state index in [1.807, 2.05) is 4.90 Å². The summed E-state index contributed by atoms with van der Waals surface area (Å²) in [5, 5.41) is 0. The van der Waals surface area contributed by atoms with E-state index >= 15 is 0 Å². The number of hydrogen-bond donors (Lipinski definition) is 0. The minimum Gasteiger partial charge on any atom is -0.381 e. The molecule has 1 spiro atoms. The third kappa shape index (κ3) is 2.66. The van der Waals surface area contributed by atoms with E-state index in [1.165, 1.54) is 6.20 Å². The van der Waals surface area contributed by atoms with E-state index in [1.54, 1.807) is 12.3 Å². The molecule has 1 amide bonds. The van der Waals surface area contributed by atoms with Crippen LogP contribution in [0.4, 0.5) is 10.1 Å². The van der Waals surface area contributed by atoms with Gasteiger partial charge in [0.15, 0.2) is 5.82 Å². The Labute approximate surface area is 141 Å². The van der Waals surface area contributed by atoms with E-state index < -0.39 is 0 Å². The lowest BCUT2D eigenvalue weighted by Crippen LogP contribution is -2.54. The van der Waals surface area contributed by atoms with Crippen LogP contribution in [0.5, 0.6) is 0 Å². The highest BCUT2D eigenvalue weighted by atomic mass is 19.1. The number of carbonyl (C=O) groups is 1. The van der Waals surface area contributed by atoms with Gasteiger partial charge in [0.05, 0.1) is 17.3 Å². The summed E-state index contributed by atoms with van der Waals surface area (Å²) in [5.74, 6) is -0.0308. The fourth-order valence-corrected chi connectivity index (χ4v) is 4.53. The topological polar surface area (TPSA) is 45.7 Å². The number of anilines is 1. The molecule has 0 unspecified atom stereocenters. The summed E-state index contributed by atoms with van der Waals surface area (Å²) >= 11 is 0. The van der Waals surface area contributed by atoms with Gasteiger partial charge >= 0.3 is 0 Å². The molecule has 4 heterocycles. The van der Waals surface area contributed by atoms with Gasteiger partial charge in [0.1, 0.15) is 0 Å². The Balaban J connectivity index is 1.52. The van der Waals surface area contributed by atoms with Crippen molar-refractivity contribution in [3.8, 4) is 0 Å². The van der Waals surface area contributed by atoms with Gasteiger partial charge in [-0.25, -0.2) is 4.39 Å². The minimum absolute atomic E-state index is 0.276. The summed E-state index contributed by atoms with van der Waals surface area (Å²) in [4.78, 5) is 21.2. The van der Waals surface area contributed by atoms with Crippen LogP contribution in [-0.4, -0.2) is 54.7 Å². The highest BCUT2D eigenvalue weighted by Crippen LogP contribution is 2.43. The van der Waals surface area contributed by atoms with Gasteiger partial charge in [-0.05, 0) is 38.2 Å². The maximum Gasteiger partial charge on any atom is 0.230 e. The quantitative estimate of drug-likeness (QED) is 0.832. The highest BCUT2D eigenvalue weighted by Gasteiger charge is 2.50. The minimum atomic E-state index is -0.341. The van der Waals surface area contributed by atoms with Crippen LogP contribution in [0.3, 0.4) is 0 Å². The third-order valence-electron chi connectivity index (χ3n) is 5.85. The fourth-order valence-electron chi connectivity index (χ4n) is 4.53. The van der Waals surface area contributed by atoms with Crippen molar-refractivity contribution >= 4 is 11.6 Å². The molecule has 0 aliphatic carbocycles. The van der Waals surface area contributed by atoms with Crippen LogP contribution in [0.25, 0.3) is 0 Å². The Hall–Kier alpha value is -1.69. The smallest absolute Gasteiger partial charge is 0.230 e. The Morgan fingerprint density at radius 3 is 2.88 bits per heavy atom. The van der Waals surface area contributed by atoms with Crippen molar-refractivity contribution in [3.63, 3.8) is 0 Å². The maximum atomic E-state index is 14.0. The molecule has 3 aliphatic rings. The molecule has 6 heteroatoms. The van der Waals surface area contributed by atoms with Crippen LogP contribution < -0.4 is 4.90 Å². The second kappa shape index (κ2) is 6.31. The largest absolute Gasteiger partial charge is 0.381 e. The summed E-state index contributed by atoms with van der Waals surface area (Å²) < 4.78 is 19.5. The Morgan fingerprint density at radius 1 is 1.25 bits per heavy atom. The monoisotopic (exact) mass is 333 g/mol. The number of carbonyl (C=O) groups excluding carboxylic acids is 1. The summed E-state index contributed by atoms with van der Waals surface area (Å²) in [6.45, 7) is 3.70. The molecule has 0 bridgehead atoms. The van der Waals surface area contributed by atoms with Gasteiger partial charge in [-0.3, -0.25) is 9.78 Å². The molecule has 24 heavy (non-hydrogen) atoms. The van der Waals surface area contributed by atoms with Gasteiger partial charge < -0.3 is 14.5 Å². The molecule has 3 fully saturated rings. The number of ether oxygens (including phenoxy) is 1. The van der Waals surface area contributed by atoms with Gasteiger partial charge in [0, 0.05) is 45.1 Å². The Kier molecular flexibility index (Phi) is 4.16. The number of pyridine rings is 1. The van der Waals surface area contributed by atoms with E-state index in [9.17, 15) is 9.18 Å². The summed E-state index contributed by atoms with van der Waals surface area (Å²) in [5.41, 5.74) is 0.226. The number of aromatic nitrogens is 1. The van der Waals surface area contributed by atoms with Crippen molar-refractivity contribution < 1.29 is 13.9 Å². The molecule has 5 nitrogen and oxygen atoms in total. The lowest BCUT2D eigenvalue weighted by molar-refractivity contribution is -0.149. The second-order valence-electron chi connectivity index (χ2n) is 7.22. The van der Waals surface area contributed by atoms with Gasteiger partial charge in [-0.2, -0.15) is 0 Å². The normalized spacial score (nSPS) is 28.8. The molecule has 0 saturated carbocycles. The van der Waals surface area contributed by atoms with Gasteiger partial charge in [0.25, 0.3) is 0 Å². The predicted molar refractivity (Wildman–Crippen MR) is 88.2 cm³/mol. The molecular weight excluding hydrogens is 309 g/mol. The zero-order chi connectivity index (χ0) is 16.6.